The molecule has 10 heteroatoms. The lowest BCUT2D eigenvalue weighted by atomic mass is 9.99. The summed E-state index contributed by atoms with van der Waals surface area (Å²) in [6, 6.07) is 9.44. The van der Waals surface area contributed by atoms with Crippen LogP contribution in [0.3, 0.4) is 0 Å². The van der Waals surface area contributed by atoms with E-state index in [9.17, 15) is 23.2 Å². The van der Waals surface area contributed by atoms with Crippen LogP contribution in [0.2, 0.25) is 0 Å². The van der Waals surface area contributed by atoms with E-state index in [4.69, 9.17) is 10.8 Å². The van der Waals surface area contributed by atoms with Gasteiger partial charge in [-0.15, -0.1) is 11.8 Å². The second-order valence-electron chi connectivity index (χ2n) is 10.2. The lowest BCUT2D eigenvalue weighted by Crippen LogP contribution is -2.46. The van der Waals surface area contributed by atoms with Crippen LogP contribution in [0.4, 0.5) is 8.78 Å². The Balaban J connectivity index is 0.000000580. The number of rotatable bonds is 9. The van der Waals surface area contributed by atoms with Crippen molar-refractivity contribution < 1.29 is 28.3 Å². The van der Waals surface area contributed by atoms with Gasteiger partial charge in [0, 0.05) is 31.3 Å². The van der Waals surface area contributed by atoms with Crippen molar-refractivity contribution in [2.45, 2.75) is 65.4 Å². The summed E-state index contributed by atoms with van der Waals surface area (Å²) in [4.78, 5) is 37.1. The van der Waals surface area contributed by atoms with Gasteiger partial charge in [0.15, 0.2) is 5.37 Å². The molecule has 4 N–H and O–H groups in total. The molecule has 2 amide bonds. The van der Waals surface area contributed by atoms with E-state index in [2.05, 4.69) is 5.32 Å². The molecule has 1 aliphatic heterocycles. The van der Waals surface area contributed by atoms with Crippen molar-refractivity contribution >= 4 is 29.5 Å². The molecule has 3 atom stereocenters. The maximum Gasteiger partial charge on any atom is 0.306 e. The summed E-state index contributed by atoms with van der Waals surface area (Å²) in [5, 5.41) is 10.6. The first-order valence-corrected chi connectivity index (χ1v) is 14.0. The van der Waals surface area contributed by atoms with E-state index in [1.54, 1.807) is 6.92 Å². The Kier molecular flexibility index (Phi) is 12.4. The normalized spacial score (nSPS) is 16.3. The van der Waals surface area contributed by atoms with Gasteiger partial charge in [0.2, 0.25) is 5.91 Å². The van der Waals surface area contributed by atoms with Crippen LogP contribution in [-0.2, 0) is 27.3 Å². The predicted molar refractivity (Wildman–Crippen MR) is 150 cm³/mol. The van der Waals surface area contributed by atoms with Crippen LogP contribution in [-0.4, -0.2) is 51.5 Å². The lowest BCUT2D eigenvalue weighted by Gasteiger charge is -2.24. The maximum absolute atomic E-state index is 14.1. The van der Waals surface area contributed by atoms with Gasteiger partial charge in [0.1, 0.15) is 11.6 Å². The summed E-state index contributed by atoms with van der Waals surface area (Å²) >= 11 is 1.40. The number of halogens is 2. The number of nitrogens with one attached hydrogen (secondary N) is 1. The number of aryl methyl sites for hydroxylation is 2. The number of carboxylic acids is 1. The van der Waals surface area contributed by atoms with E-state index >= 15 is 0 Å². The number of benzene rings is 2. The Labute approximate surface area is 233 Å². The summed E-state index contributed by atoms with van der Waals surface area (Å²) < 4.78 is 27.8. The quantitative estimate of drug-likeness (QED) is 0.416. The highest BCUT2D eigenvalue weighted by molar-refractivity contribution is 8.00. The number of aliphatic carboxylic acids is 1. The smallest absolute Gasteiger partial charge is 0.306 e. The fourth-order valence-corrected chi connectivity index (χ4v) is 4.91. The summed E-state index contributed by atoms with van der Waals surface area (Å²) in [5.74, 6) is -1.55. The molecule has 3 unspecified atom stereocenters. The first-order valence-electron chi connectivity index (χ1n) is 13.0. The summed E-state index contributed by atoms with van der Waals surface area (Å²) in [7, 11) is 0. The minimum Gasteiger partial charge on any atom is -0.481 e. The van der Waals surface area contributed by atoms with E-state index in [0.29, 0.717) is 18.8 Å². The molecule has 3 rings (SSSR count). The van der Waals surface area contributed by atoms with Crippen LogP contribution in [0.1, 0.15) is 49.4 Å². The molecular formula is C29H39F2N3O4S. The Hall–Kier alpha value is -2.98. The average molecular weight is 564 g/mol. The number of amides is 2. The van der Waals surface area contributed by atoms with Gasteiger partial charge < -0.3 is 21.1 Å². The summed E-state index contributed by atoms with van der Waals surface area (Å²) in [5.41, 5.74) is 8.54. The van der Waals surface area contributed by atoms with Crippen LogP contribution in [0, 0.1) is 37.3 Å². The second kappa shape index (κ2) is 15.0. The van der Waals surface area contributed by atoms with Crippen molar-refractivity contribution in [1.29, 1.82) is 0 Å². The summed E-state index contributed by atoms with van der Waals surface area (Å²) in [6.07, 6.45) is -0.00270. The van der Waals surface area contributed by atoms with Crippen LogP contribution in [0.5, 0.6) is 0 Å². The number of carbonyl (C=O) groups excluding carboxylic acids is 2. The summed E-state index contributed by atoms with van der Waals surface area (Å²) in [6.45, 7) is 9.84. The molecule has 1 fully saturated rings. The van der Waals surface area contributed by atoms with Crippen molar-refractivity contribution in [3.8, 4) is 0 Å². The molecule has 0 spiro atoms. The van der Waals surface area contributed by atoms with Crippen molar-refractivity contribution in [3.63, 3.8) is 0 Å². The molecule has 0 aliphatic carbocycles. The number of nitrogens with two attached hydrogens (primary N) is 1. The molecule has 0 aromatic heterocycles. The molecule has 2 aromatic rings. The SMILES string of the molecule is CC(C)C(C)C(=O)O.Cc1ccc(CNC(=O)C2SCCN2C(=O)CC(N)Cc2cc(F)c(C)cc2F)cc1. The highest BCUT2D eigenvalue weighted by Gasteiger charge is 2.35. The topological polar surface area (TPSA) is 113 Å². The Morgan fingerprint density at radius 3 is 2.31 bits per heavy atom. The third-order valence-electron chi connectivity index (χ3n) is 6.66. The van der Waals surface area contributed by atoms with Crippen molar-refractivity contribution in [3.05, 3.63) is 70.3 Å². The van der Waals surface area contributed by atoms with Gasteiger partial charge >= 0.3 is 5.97 Å². The van der Waals surface area contributed by atoms with Crippen LogP contribution < -0.4 is 11.1 Å². The number of hydrogen-bond donors (Lipinski definition) is 3. The zero-order valence-electron chi connectivity index (χ0n) is 23.2. The number of thioether (sulfide) groups is 1. The van der Waals surface area contributed by atoms with Crippen molar-refractivity contribution in [2.24, 2.45) is 17.6 Å². The van der Waals surface area contributed by atoms with Gasteiger partial charge in [-0.1, -0.05) is 50.6 Å². The lowest BCUT2D eigenvalue weighted by molar-refractivity contribution is -0.142. The van der Waals surface area contributed by atoms with Gasteiger partial charge in [-0.3, -0.25) is 14.4 Å². The van der Waals surface area contributed by atoms with E-state index in [1.807, 2.05) is 45.0 Å². The molecule has 0 saturated carbocycles. The number of carbonyl (C=O) groups is 3. The van der Waals surface area contributed by atoms with Crippen LogP contribution in [0.15, 0.2) is 36.4 Å². The Bertz CT molecular complexity index is 1140. The van der Waals surface area contributed by atoms with Crippen molar-refractivity contribution in [2.75, 3.05) is 12.3 Å². The largest absolute Gasteiger partial charge is 0.481 e. The third kappa shape index (κ3) is 9.93. The zero-order chi connectivity index (χ0) is 29.3. The molecule has 0 bridgehead atoms. The predicted octanol–water partition coefficient (Wildman–Crippen LogP) is 4.42. The maximum atomic E-state index is 14.1. The third-order valence-corrected chi connectivity index (χ3v) is 7.86. The molecule has 39 heavy (non-hydrogen) atoms. The van der Waals surface area contributed by atoms with Gasteiger partial charge in [-0.05, 0) is 55.0 Å². The molecular weight excluding hydrogens is 524 g/mol. The molecule has 0 radical (unpaired) electrons. The highest BCUT2D eigenvalue weighted by Crippen LogP contribution is 2.25. The first kappa shape index (κ1) is 32.2. The van der Waals surface area contributed by atoms with Crippen LogP contribution >= 0.6 is 11.8 Å². The van der Waals surface area contributed by atoms with Crippen LogP contribution in [0.25, 0.3) is 0 Å². The fraction of sp³-hybridized carbons (Fsp3) is 0.483. The van der Waals surface area contributed by atoms with Gasteiger partial charge in [0.05, 0.1) is 5.92 Å². The van der Waals surface area contributed by atoms with E-state index in [0.717, 1.165) is 23.3 Å². The fourth-order valence-electron chi connectivity index (χ4n) is 3.75. The van der Waals surface area contributed by atoms with Gasteiger partial charge in [0.25, 0.3) is 5.91 Å². The standard InChI is InChI=1S/C23H27F2N3O2S.C6H12O2/c1-14-3-5-16(6-4-14)13-27-22(30)23-28(7-8-31-23)21(29)12-18(26)10-17-11-19(24)15(2)9-20(17)25;1-4(2)5(3)6(7)8/h3-6,9,11,18,23H,7-8,10,12-13,26H2,1-2H3,(H,27,30);4-5H,1-3H3,(H,7,8). The molecule has 1 heterocycles. The second-order valence-corrected chi connectivity index (χ2v) is 11.4. The zero-order valence-corrected chi connectivity index (χ0v) is 24.0. The number of nitrogens with zero attached hydrogens (tertiary/aromatic N) is 1. The van der Waals surface area contributed by atoms with E-state index in [-0.39, 0.29) is 47.6 Å². The monoisotopic (exact) mass is 563 g/mol. The molecule has 1 aliphatic rings. The first-order chi connectivity index (χ1) is 18.3. The number of carboxylic acid groups (broad SMARTS) is 1. The molecule has 7 nitrogen and oxygen atoms in total. The molecule has 214 valence electrons. The Morgan fingerprint density at radius 1 is 1.10 bits per heavy atom. The van der Waals surface area contributed by atoms with Gasteiger partial charge in [-0.2, -0.15) is 0 Å². The van der Waals surface area contributed by atoms with Gasteiger partial charge in [-0.25, -0.2) is 8.78 Å². The number of hydrogen-bond acceptors (Lipinski definition) is 5. The van der Waals surface area contributed by atoms with E-state index < -0.39 is 29.0 Å². The van der Waals surface area contributed by atoms with Crippen molar-refractivity contribution in [1.82, 2.24) is 10.2 Å². The molecule has 1 saturated heterocycles. The minimum atomic E-state index is -0.708. The average Bonchev–Trinajstić information content (AvgIpc) is 3.37. The molecule has 2 aromatic carbocycles. The highest BCUT2D eigenvalue weighted by atomic mass is 32.2. The minimum absolute atomic E-state index is 0.0417. The Morgan fingerprint density at radius 2 is 1.74 bits per heavy atom. The van der Waals surface area contributed by atoms with E-state index in [1.165, 1.54) is 23.6 Å².